The number of anilines is 1. The molecule has 0 atom stereocenters. The topological polar surface area (TPSA) is 90.7 Å². The summed E-state index contributed by atoms with van der Waals surface area (Å²) in [5.41, 5.74) is 1.82. The summed E-state index contributed by atoms with van der Waals surface area (Å²) in [6, 6.07) is 7.50. The molecule has 0 aromatic heterocycles. The van der Waals surface area contributed by atoms with Gasteiger partial charge in [-0.2, -0.15) is 0 Å². The quantitative estimate of drug-likeness (QED) is 0.620. The molecule has 132 valence electrons. The van der Waals surface area contributed by atoms with Crippen LogP contribution in [0.5, 0.6) is 11.5 Å². The number of carbonyl (C=O) groups is 1. The molecule has 2 rings (SSSR count). The Morgan fingerprint density at radius 2 is 1.92 bits per heavy atom. The first-order valence-electron chi connectivity index (χ1n) is 7.33. The number of amides is 1. The maximum Gasteiger partial charge on any atom is 0.269 e. The largest absolute Gasteiger partial charge is 0.495 e. The Kier molecular flexibility index (Phi) is 5.82. The smallest absolute Gasteiger partial charge is 0.269 e. The lowest BCUT2D eigenvalue weighted by molar-refractivity contribution is -0.384. The maximum absolute atomic E-state index is 12.1. The van der Waals surface area contributed by atoms with Gasteiger partial charge in [-0.25, -0.2) is 0 Å². The summed E-state index contributed by atoms with van der Waals surface area (Å²) in [5.74, 6) is 0.452. The molecule has 0 fully saturated rings. The molecule has 0 bridgehead atoms. The van der Waals surface area contributed by atoms with Gasteiger partial charge in [-0.15, -0.1) is 0 Å². The fraction of sp³-hybridized carbons (Fsp3) is 0.235. The van der Waals surface area contributed by atoms with Gasteiger partial charge >= 0.3 is 0 Å². The number of nitrogens with zero attached hydrogens (tertiary/aromatic N) is 1. The number of methoxy groups -OCH3 is 1. The number of hydrogen-bond acceptors (Lipinski definition) is 5. The van der Waals surface area contributed by atoms with Crippen molar-refractivity contribution >= 4 is 28.9 Å². The number of benzene rings is 2. The van der Waals surface area contributed by atoms with E-state index >= 15 is 0 Å². The van der Waals surface area contributed by atoms with Gasteiger partial charge in [0.1, 0.15) is 11.5 Å². The summed E-state index contributed by atoms with van der Waals surface area (Å²) in [7, 11) is 1.48. The van der Waals surface area contributed by atoms with Crippen LogP contribution in [-0.4, -0.2) is 24.5 Å². The van der Waals surface area contributed by atoms with Gasteiger partial charge in [0.2, 0.25) is 0 Å². The van der Waals surface area contributed by atoms with Crippen LogP contribution >= 0.6 is 11.6 Å². The summed E-state index contributed by atoms with van der Waals surface area (Å²) in [6.07, 6.45) is 0. The zero-order valence-electron chi connectivity index (χ0n) is 14.0. The number of halogens is 1. The van der Waals surface area contributed by atoms with Crippen LogP contribution in [0.2, 0.25) is 5.02 Å². The number of carbonyl (C=O) groups excluding carboxylic acids is 1. The van der Waals surface area contributed by atoms with Gasteiger partial charge in [0.05, 0.1) is 17.7 Å². The molecule has 0 radical (unpaired) electrons. The van der Waals surface area contributed by atoms with Crippen molar-refractivity contribution in [3.05, 3.63) is 56.6 Å². The lowest BCUT2D eigenvalue weighted by Gasteiger charge is -2.13. The van der Waals surface area contributed by atoms with Gasteiger partial charge in [0.15, 0.2) is 6.61 Å². The first kappa shape index (κ1) is 18.5. The Labute approximate surface area is 149 Å². The van der Waals surface area contributed by atoms with Crippen LogP contribution in [0, 0.1) is 24.0 Å². The molecule has 7 nitrogen and oxygen atoms in total. The zero-order chi connectivity index (χ0) is 18.6. The van der Waals surface area contributed by atoms with Gasteiger partial charge in [-0.05, 0) is 37.1 Å². The zero-order valence-corrected chi connectivity index (χ0v) is 14.7. The van der Waals surface area contributed by atoms with E-state index in [2.05, 4.69) is 5.32 Å². The van der Waals surface area contributed by atoms with E-state index in [1.165, 1.54) is 25.3 Å². The van der Waals surface area contributed by atoms with Crippen molar-refractivity contribution in [2.75, 3.05) is 19.0 Å². The number of nitrogens with one attached hydrogen (secondary N) is 1. The van der Waals surface area contributed by atoms with Gasteiger partial charge in [0, 0.05) is 23.2 Å². The SMILES string of the molecule is COc1cc(Cl)c(C)cc1NC(=O)COc1ccc([N+](=O)[O-])cc1C. The minimum atomic E-state index is -0.487. The van der Waals surface area contributed by atoms with Crippen LogP contribution in [0.4, 0.5) is 11.4 Å². The van der Waals surface area contributed by atoms with Gasteiger partial charge in [0.25, 0.3) is 11.6 Å². The molecule has 0 aliphatic heterocycles. The van der Waals surface area contributed by atoms with Crippen LogP contribution in [0.15, 0.2) is 30.3 Å². The monoisotopic (exact) mass is 364 g/mol. The fourth-order valence-corrected chi connectivity index (χ4v) is 2.32. The highest BCUT2D eigenvalue weighted by molar-refractivity contribution is 6.31. The number of ether oxygens (including phenoxy) is 2. The second-order valence-electron chi connectivity index (χ2n) is 5.35. The molecule has 0 saturated carbocycles. The first-order valence-corrected chi connectivity index (χ1v) is 7.71. The molecule has 0 unspecified atom stereocenters. The van der Waals surface area contributed by atoms with Gasteiger partial charge < -0.3 is 14.8 Å². The van der Waals surface area contributed by atoms with Gasteiger partial charge in [-0.1, -0.05) is 11.6 Å². The van der Waals surface area contributed by atoms with E-state index in [0.29, 0.717) is 27.8 Å². The predicted octanol–water partition coefficient (Wildman–Crippen LogP) is 3.89. The highest BCUT2D eigenvalue weighted by atomic mass is 35.5. The lowest BCUT2D eigenvalue weighted by atomic mass is 10.2. The van der Waals surface area contributed by atoms with E-state index in [4.69, 9.17) is 21.1 Å². The van der Waals surface area contributed by atoms with Crippen LogP contribution in [-0.2, 0) is 4.79 Å². The van der Waals surface area contributed by atoms with Crippen LogP contribution in [0.25, 0.3) is 0 Å². The summed E-state index contributed by atoms with van der Waals surface area (Å²) < 4.78 is 10.6. The molecule has 0 heterocycles. The van der Waals surface area contributed by atoms with E-state index < -0.39 is 10.8 Å². The van der Waals surface area contributed by atoms with E-state index in [1.54, 1.807) is 19.1 Å². The summed E-state index contributed by atoms with van der Waals surface area (Å²) in [5, 5.41) is 14.0. The van der Waals surface area contributed by atoms with Crippen molar-refractivity contribution in [2.45, 2.75) is 13.8 Å². The molecule has 2 aromatic carbocycles. The summed E-state index contributed by atoms with van der Waals surface area (Å²) >= 11 is 6.03. The summed E-state index contributed by atoms with van der Waals surface area (Å²) in [4.78, 5) is 22.3. The van der Waals surface area contributed by atoms with E-state index in [9.17, 15) is 14.9 Å². The lowest BCUT2D eigenvalue weighted by Crippen LogP contribution is -2.20. The molecule has 1 amide bonds. The Balaban J connectivity index is 2.04. The van der Waals surface area contributed by atoms with E-state index in [0.717, 1.165) is 5.56 Å². The molecule has 25 heavy (non-hydrogen) atoms. The molecule has 0 aliphatic rings. The third-order valence-corrected chi connectivity index (χ3v) is 3.89. The van der Waals surface area contributed by atoms with Crippen molar-refractivity contribution < 1.29 is 19.2 Å². The number of non-ortho nitro benzene ring substituents is 1. The average Bonchev–Trinajstić information content (AvgIpc) is 2.56. The van der Waals surface area contributed by atoms with E-state index in [1.807, 2.05) is 6.92 Å². The molecule has 0 spiro atoms. The molecule has 8 heteroatoms. The van der Waals surface area contributed by atoms with Crippen molar-refractivity contribution in [3.8, 4) is 11.5 Å². The molecular formula is C17H17ClN2O5. The standard InChI is InChI=1S/C17H17ClN2O5/c1-10-7-14(16(24-3)8-13(10)18)19-17(21)9-25-15-5-4-12(20(22)23)6-11(15)2/h4-8H,9H2,1-3H3,(H,19,21). The van der Waals surface area contributed by atoms with E-state index in [-0.39, 0.29) is 12.3 Å². The summed E-state index contributed by atoms with van der Waals surface area (Å²) in [6.45, 7) is 3.24. The van der Waals surface area contributed by atoms with Crippen molar-refractivity contribution in [2.24, 2.45) is 0 Å². The average molecular weight is 365 g/mol. The van der Waals surface area contributed by atoms with Crippen LogP contribution in [0.1, 0.15) is 11.1 Å². The second kappa shape index (κ2) is 7.85. The predicted molar refractivity (Wildman–Crippen MR) is 94.7 cm³/mol. The Bertz CT molecular complexity index is 823. The molecule has 1 N–H and O–H groups in total. The number of rotatable bonds is 6. The number of hydrogen-bond donors (Lipinski definition) is 1. The highest BCUT2D eigenvalue weighted by Crippen LogP contribution is 2.31. The van der Waals surface area contributed by atoms with Gasteiger partial charge in [-0.3, -0.25) is 14.9 Å². The molecule has 2 aromatic rings. The minimum Gasteiger partial charge on any atom is -0.495 e. The van der Waals surface area contributed by atoms with Crippen LogP contribution in [0.3, 0.4) is 0 Å². The minimum absolute atomic E-state index is 0.0318. The fourth-order valence-electron chi connectivity index (χ4n) is 2.17. The van der Waals surface area contributed by atoms with Crippen molar-refractivity contribution in [1.82, 2.24) is 0 Å². The first-order chi connectivity index (χ1) is 11.8. The normalized spacial score (nSPS) is 10.2. The maximum atomic E-state index is 12.1. The van der Waals surface area contributed by atoms with Crippen LogP contribution < -0.4 is 14.8 Å². The third kappa shape index (κ3) is 4.60. The molecule has 0 saturated heterocycles. The molecular weight excluding hydrogens is 348 g/mol. The third-order valence-electron chi connectivity index (χ3n) is 3.48. The Morgan fingerprint density at radius 1 is 1.20 bits per heavy atom. The van der Waals surface area contributed by atoms with Crippen molar-refractivity contribution in [3.63, 3.8) is 0 Å². The number of nitro benzene ring substituents is 1. The number of aryl methyl sites for hydroxylation is 2. The van der Waals surface area contributed by atoms with Crippen molar-refractivity contribution in [1.29, 1.82) is 0 Å². The number of nitro groups is 1. The second-order valence-corrected chi connectivity index (χ2v) is 5.75. The Hall–Kier alpha value is -2.80. The Morgan fingerprint density at radius 3 is 2.52 bits per heavy atom. The molecule has 0 aliphatic carbocycles. The highest BCUT2D eigenvalue weighted by Gasteiger charge is 2.13.